The minimum absolute atomic E-state index is 0.0364. The van der Waals surface area contributed by atoms with Gasteiger partial charge in [-0.1, -0.05) is 0 Å². The van der Waals surface area contributed by atoms with Gasteiger partial charge in [-0.15, -0.1) is 0 Å². The summed E-state index contributed by atoms with van der Waals surface area (Å²) in [6.07, 6.45) is 0.510. The van der Waals surface area contributed by atoms with Crippen molar-refractivity contribution in [3.63, 3.8) is 0 Å². The van der Waals surface area contributed by atoms with Crippen LogP contribution in [0.5, 0.6) is 23.0 Å². The number of hydrogen-bond acceptors (Lipinski definition) is 8. The summed E-state index contributed by atoms with van der Waals surface area (Å²) in [5.41, 5.74) is 0.828. The van der Waals surface area contributed by atoms with Gasteiger partial charge < -0.3 is 33.7 Å². The predicted molar refractivity (Wildman–Crippen MR) is 122 cm³/mol. The Labute approximate surface area is 197 Å². The monoisotopic (exact) mass is 469 g/mol. The van der Waals surface area contributed by atoms with Crippen LogP contribution >= 0.6 is 0 Å². The Hall–Kier alpha value is -3.72. The lowest BCUT2D eigenvalue weighted by molar-refractivity contribution is -0.140. The maximum Gasteiger partial charge on any atom is 0.295 e. The van der Waals surface area contributed by atoms with Gasteiger partial charge in [-0.3, -0.25) is 9.59 Å². The third-order valence-electron chi connectivity index (χ3n) is 5.83. The summed E-state index contributed by atoms with van der Waals surface area (Å²) < 4.78 is 27.2. The zero-order valence-corrected chi connectivity index (χ0v) is 19.3. The topological polar surface area (TPSA) is 104 Å². The second-order valence-corrected chi connectivity index (χ2v) is 7.81. The first kappa shape index (κ1) is 23.4. The van der Waals surface area contributed by atoms with Crippen molar-refractivity contribution in [2.45, 2.75) is 12.5 Å². The highest BCUT2D eigenvalue weighted by Crippen LogP contribution is 2.44. The van der Waals surface area contributed by atoms with Crippen LogP contribution in [0, 0.1) is 0 Å². The fourth-order valence-corrected chi connectivity index (χ4v) is 4.21. The zero-order chi connectivity index (χ0) is 24.2. The number of amides is 1. The van der Waals surface area contributed by atoms with E-state index in [1.165, 1.54) is 19.1 Å². The van der Waals surface area contributed by atoms with Crippen molar-refractivity contribution < 1.29 is 38.4 Å². The van der Waals surface area contributed by atoms with E-state index in [0.29, 0.717) is 60.4 Å². The molecule has 9 nitrogen and oxygen atoms in total. The number of Topliss-reactive ketones (excluding diaryl/α,β-unsaturated/α-hetero) is 1. The first-order valence-corrected chi connectivity index (χ1v) is 10.9. The minimum Gasteiger partial charge on any atom is -0.507 e. The van der Waals surface area contributed by atoms with Gasteiger partial charge in [-0.05, 0) is 42.8 Å². The smallest absolute Gasteiger partial charge is 0.295 e. The summed E-state index contributed by atoms with van der Waals surface area (Å²) in [6.45, 7) is 1.47. The number of aliphatic hydroxyl groups excluding tert-OH is 1. The number of carbonyl (C=O) groups excluding carboxylic acids is 2. The molecule has 9 heteroatoms. The number of likely N-dealkylation sites (tertiary alicyclic amines) is 1. The van der Waals surface area contributed by atoms with Crippen LogP contribution in [0.15, 0.2) is 42.0 Å². The van der Waals surface area contributed by atoms with Crippen LogP contribution < -0.4 is 18.9 Å². The largest absolute Gasteiger partial charge is 0.507 e. The molecule has 0 spiro atoms. The van der Waals surface area contributed by atoms with E-state index in [1.807, 2.05) is 0 Å². The third kappa shape index (κ3) is 4.26. The zero-order valence-electron chi connectivity index (χ0n) is 19.3. The molecule has 1 amide bonds. The number of aliphatic hydroxyl groups is 1. The number of rotatable bonds is 8. The molecule has 2 aromatic carbocycles. The number of ether oxygens (including phenoxy) is 5. The number of hydrogen-bond donors (Lipinski definition) is 1. The SMILES string of the molecule is COCCCN1C(=O)C(=O)/C(=C(/O)c2ccc3c(c2)OCCO3)C1c1cc(OC)ccc1OC. The Kier molecular flexibility index (Phi) is 6.93. The van der Waals surface area contributed by atoms with E-state index < -0.39 is 17.7 Å². The first-order valence-electron chi connectivity index (χ1n) is 10.9. The molecule has 0 radical (unpaired) electrons. The first-order chi connectivity index (χ1) is 16.5. The molecule has 2 aliphatic heterocycles. The molecule has 1 N–H and O–H groups in total. The fourth-order valence-electron chi connectivity index (χ4n) is 4.21. The van der Waals surface area contributed by atoms with E-state index in [0.717, 1.165) is 0 Å². The summed E-state index contributed by atoms with van der Waals surface area (Å²) in [5, 5.41) is 11.3. The average molecular weight is 469 g/mol. The van der Waals surface area contributed by atoms with Gasteiger partial charge in [-0.25, -0.2) is 0 Å². The van der Waals surface area contributed by atoms with Crippen LogP contribution in [0.2, 0.25) is 0 Å². The van der Waals surface area contributed by atoms with Gasteiger partial charge in [0.15, 0.2) is 11.5 Å². The molecule has 34 heavy (non-hydrogen) atoms. The molecule has 1 saturated heterocycles. The predicted octanol–water partition coefficient (Wildman–Crippen LogP) is 2.93. The van der Waals surface area contributed by atoms with Crippen molar-refractivity contribution in [1.29, 1.82) is 0 Å². The van der Waals surface area contributed by atoms with Crippen LogP contribution in [0.25, 0.3) is 5.76 Å². The molecule has 2 aromatic rings. The quantitative estimate of drug-likeness (QED) is 0.272. The molecule has 1 unspecified atom stereocenters. The number of ketones is 1. The van der Waals surface area contributed by atoms with Crippen LogP contribution in [0.4, 0.5) is 0 Å². The highest BCUT2D eigenvalue weighted by molar-refractivity contribution is 6.46. The van der Waals surface area contributed by atoms with Crippen molar-refractivity contribution >= 4 is 17.4 Å². The van der Waals surface area contributed by atoms with Crippen LogP contribution in [0.1, 0.15) is 23.6 Å². The maximum absolute atomic E-state index is 13.2. The van der Waals surface area contributed by atoms with Gasteiger partial charge in [-0.2, -0.15) is 0 Å². The van der Waals surface area contributed by atoms with Crippen LogP contribution in [-0.4, -0.2) is 69.4 Å². The molecule has 0 aromatic heterocycles. The van der Waals surface area contributed by atoms with Crippen LogP contribution in [-0.2, 0) is 14.3 Å². The molecule has 0 bridgehead atoms. The highest BCUT2D eigenvalue weighted by atomic mass is 16.6. The molecule has 4 rings (SSSR count). The Bertz CT molecular complexity index is 1130. The van der Waals surface area contributed by atoms with E-state index in [-0.39, 0.29) is 17.9 Å². The number of nitrogens with zero attached hydrogens (tertiary/aromatic N) is 1. The lowest BCUT2D eigenvalue weighted by Gasteiger charge is -2.27. The molecule has 1 atom stereocenters. The summed E-state index contributed by atoms with van der Waals surface area (Å²) >= 11 is 0. The van der Waals surface area contributed by atoms with E-state index >= 15 is 0 Å². The number of benzene rings is 2. The molecular weight excluding hydrogens is 442 g/mol. The van der Waals surface area contributed by atoms with Gasteiger partial charge in [0.1, 0.15) is 30.5 Å². The van der Waals surface area contributed by atoms with Crippen molar-refractivity contribution in [3.8, 4) is 23.0 Å². The molecule has 2 heterocycles. The lowest BCUT2D eigenvalue weighted by atomic mass is 9.94. The molecule has 1 fully saturated rings. The normalized spacial score (nSPS) is 18.8. The standard InChI is InChI=1S/C25H27NO8/c1-30-10-4-9-26-22(17-14-16(31-2)6-8-18(17)32-3)21(24(28)25(26)29)23(27)15-5-7-19-20(13-15)34-12-11-33-19/h5-8,13-14,22,27H,4,9-12H2,1-3H3/b23-21+. The molecular formula is C25H27NO8. The summed E-state index contributed by atoms with van der Waals surface area (Å²) in [6, 6.07) is 9.14. The van der Waals surface area contributed by atoms with E-state index in [1.54, 1.807) is 43.5 Å². The summed E-state index contributed by atoms with van der Waals surface area (Å²) in [4.78, 5) is 27.7. The fraction of sp³-hybridized carbons (Fsp3) is 0.360. The van der Waals surface area contributed by atoms with Gasteiger partial charge in [0.25, 0.3) is 11.7 Å². The lowest BCUT2D eigenvalue weighted by Crippen LogP contribution is -2.31. The van der Waals surface area contributed by atoms with Gasteiger partial charge in [0.05, 0.1) is 25.8 Å². The molecule has 180 valence electrons. The second-order valence-electron chi connectivity index (χ2n) is 7.81. The Morgan fingerprint density at radius 2 is 1.79 bits per heavy atom. The van der Waals surface area contributed by atoms with Gasteiger partial charge in [0.2, 0.25) is 0 Å². The van der Waals surface area contributed by atoms with E-state index in [2.05, 4.69) is 0 Å². The van der Waals surface area contributed by atoms with Gasteiger partial charge >= 0.3 is 0 Å². The maximum atomic E-state index is 13.2. The number of carbonyl (C=O) groups is 2. The Morgan fingerprint density at radius 1 is 1.03 bits per heavy atom. The van der Waals surface area contributed by atoms with Crippen molar-refractivity contribution in [2.24, 2.45) is 0 Å². The van der Waals surface area contributed by atoms with Crippen molar-refractivity contribution in [1.82, 2.24) is 4.90 Å². The highest BCUT2D eigenvalue weighted by Gasteiger charge is 2.47. The average Bonchev–Trinajstić information content (AvgIpc) is 3.12. The second kappa shape index (κ2) is 10.0. The van der Waals surface area contributed by atoms with Gasteiger partial charge in [0, 0.05) is 31.4 Å². The van der Waals surface area contributed by atoms with E-state index in [4.69, 9.17) is 23.7 Å². The number of methoxy groups -OCH3 is 3. The number of fused-ring (bicyclic) bond motifs is 1. The minimum atomic E-state index is -0.880. The summed E-state index contributed by atoms with van der Waals surface area (Å²) in [5.74, 6) is 0.202. The van der Waals surface area contributed by atoms with Crippen molar-refractivity contribution in [2.75, 3.05) is 47.7 Å². The Balaban J connectivity index is 1.87. The molecule has 0 aliphatic carbocycles. The third-order valence-corrected chi connectivity index (χ3v) is 5.83. The molecule has 0 saturated carbocycles. The summed E-state index contributed by atoms with van der Waals surface area (Å²) in [7, 11) is 4.60. The van der Waals surface area contributed by atoms with Crippen LogP contribution in [0.3, 0.4) is 0 Å². The Morgan fingerprint density at radius 3 is 2.50 bits per heavy atom. The van der Waals surface area contributed by atoms with Crippen molar-refractivity contribution in [3.05, 3.63) is 53.1 Å². The molecule has 2 aliphatic rings. The van der Waals surface area contributed by atoms with E-state index in [9.17, 15) is 14.7 Å².